The van der Waals surface area contributed by atoms with Gasteiger partial charge in [0.15, 0.2) is 11.0 Å². The van der Waals surface area contributed by atoms with Gasteiger partial charge in [0.2, 0.25) is 0 Å². The molecule has 0 radical (unpaired) electrons. The van der Waals surface area contributed by atoms with Crippen LogP contribution in [0.5, 0.6) is 28.9 Å². The fourth-order valence-electron chi connectivity index (χ4n) is 2.52. The van der Waals surface area contributed by atoms with E-state index >= 15 is 0 Å². The molecule has 6 heteroatoms. The third-order valence-electron chi connectivity index (χ3n) is 3.81. The van der Waals surface area contributed by atoms with Crippen LogP contribution in [0, 0.1) is 0 Å². The minimum atomic E-state index is -0.490. The molecule has 134 valence electrons. The number of hydrogen-bond donors (Lipinski definition) is 3. The Hall–Kier alpha value is -3.41. The lowest BCUT2D eigenvalue weighted by Gasteiger charge is -2.10. The molecule has 6 nitrogen and oxygen atoms in total. The molecule has 0 fully saturated rings. The Morgan fingerprint density at radius 1 is 1.08 bits per heavy atom. The zero-order valence-electron chi connectivity index (χ0n) is 14.3. The summed E-state index contributed by atoms with van der Waals surface area (Å²) in [6.07, 6.45) is 2.20. The Morgan fingerprint density at radius 3 is 2.42 bits per heavy atom. The van der Waals surface area contributed by atoms with Crippen molar-refractivity contribution in [3.63, 3.8) is 0 Å². The average molecular weight is 354 g/mol. The number of fused-ring (bicyclic) bond motifs is 1. The number of benzene rings is 2. The molecule has 3 aromatic rings. The zero-order chi connectivity index (χ0) is 18.8. The Kier molecular flexibility index (Phi) is 4.58. The van der Waals surface area contributed by atoms with Gasteiger partial charge in [-0.15, -0.1) is 0 Å². The van der Waals surface area contributed by atoms with Crippen LogP contribution in [0.25, 0.3) is 11.0 Å². The Bertz CT molecular complexity index is 1040. The van der Waals surface area contributed by atoms with E-state index in [4.69, 9.17) is 9.15 Å². The minimum absolute atomic E-state index is 0.0157. The lowest BCUT2D eigenvalue weighted by molar-refractivity contribution is 0.351. The van der Waals surface area contributed by atoms with Gasteiger partial charge in [0, 0.05) is 11.6 Å². The van der Waals surface area contributed by atoms with Crippen molar-refractivity contribution in [1.29, 1.82) is 0 Å². The van der Waals surface area contributed by atoms with Crippen molar-refractivity contribution in [3.8, 4) is 28.9 Å². The van der Waals surface area contributed by atoms with E-state index in [9.17, 15) is 20.1 Å². The molecule has 0 saturated heterocycles. The highest BCUT2D eigenvalue weighted by atomic mass is 16.6. The van der Waals surface area contributed by atoms with Crippen LogP contribution in [-0.2, 0) is 6.42 Å². The first-order valence-corrected chi connectivity index (χ1v) is 7.97. The van der Waals surface area contributed by atoms with Crippen LogP contribution in [0.4, 0.5) is 0 Å². The summed E-state index contributed by atoms with van der Waals surface area (Å²) in [5.74, 6) is -0.172. The lowest BCUT2D eigenvalue weighted by atomic mass is 10.0. The van der Waals surface area contributed by atoms with Crippen molar-refractivity contribution in [3.05, 3.63) is 63.8 Å². The molecular formula is C20H18O6. The van der Waals surface area contributed by atoms with Crippen LogP contribution in [-0.4, -0.2) is 15.3 Å². The van der Waals surface area contributed by atoms with Gasteiger partial charge >= 0.3 is 0 Å². The van der Waals surface area contributed by atoms with Gasteiger partial charge in [0.1, 0.15) is 28.4 Å². The van der Waals surface area contributed by atoms with Gasteiger partial charge in [0.25, 0.3) is 5.95 Å². The second-order valence-corrected chi connectivity index (χ2v) is 6.11. The molecule has 0 amide bonds. The first-order chi connectivity index (χ1) is 12.3. The van der Waals surface area contributed by atoms with Crippen molar-refractivity contribution in [1.82, 2.24) is 0 Å². The van der Waals surface area contributed by atoms with Crippen molar-refractivity contribution in [2.75, 3.05) is 0 Å². The molecule has 0 aliphatic carbocycles. The van der Waals surface area contributed by atoms with Crippen molar-refractivity contribution >= 4 is 11.0 Å². The summed E-state index contributed by atoms with van der Waals surface area (Å²) in [6.45, 7) is 3.82. The van der Waals surface area contributed by atoms with E-state index in [0.29, 0.717) is 17.7 Å². The quantitative estimate of drug-likeness (QED) is 0.607. The maximum absolute atomic E-state index is 12.4. The second kappa shape index (κ2) is 6.84. The first kappa shape index (κ1) is 17.4. The van der Waals surface area contributed by atoms with Crippen LogP contribution < -0.4 is 10.2 Å². The minimum Gasteiger partial charge on any atom is -0.508 e. The van der Waals surface area contributed by atoms with E-state index < -0.39 is 5.43 Å². The SMILES string of the molecule is CC(C)=CCc1c(O)cc(O)c2c(=O)cc(Oc3ccc(O)cc3)oc12. The summed E-state index contributed by atoms with van der Waals surface area (Å²) in [5.41, 5.74) is 0.994. The molecule has 0 aliphatic heterocycles. The van der Waals surface area contributed by atoms with Gasteiger partial charge < -0.3 is 24.5 Å². The zero-order valence-corrected chi connectivity index (χ0v) is 14.3. The summed E-state index contributed by atoms with van der Waals surface area (Å²) < 4.78 is 11.2. The van der Waals surface area contributed by atoms with Crippen molar-refractivity contribution < 1.29 is 24.5 Å². The predicted molar refractivity (Wildman–Crippen MR) is 97.1 cm³/mol. The number of hydrogen-bond acceptors (Lipinski definition) is 6. The van der Waals surface area contributed by atoms with Crippen molar-refractivity contribution in [2.24, 2.45) is 0 Å². The third kappa shape index (κ3) is 3.49. The lowest BCUT2D eigenvalue weighted by Crippen LogP contribution is -2.03. The van der Waals surface area contributed by atoms with E-state index in [1.807, 2.05) is 19.9 Å². The number of ether oxygens (including phenoxy) is 1. The van der Waals surface area contributed by atoms with Crippen LogP contribution in [0.2, 0.25) is 0 Å². The Labute approximate surface area is 149 Å². The summed E-state index contributed by atoms with van der Waals surface area (Å²) in [5, 5.41) is 29.5. The topological polar surface area (TPSA) is 100 Å². The highest BCUT2D eigenvalue weighted by Gasteiger charge is 2.18. The average Bonchev–Trinajstić information content (AvgIpc) is 2.55. The fraction of sp³-hybridized carbons (Fsp3) is 0.150. The first-order valence-electron chi connectivity index (χ1n) is 7.97. The maximum Gasteiger partial charge on any atom is 0.294 e. The second-order valence-electron chi connectivity index (χ2n) is 6.11. The summed E-state index contributed by atoms with van der Waals surface area (Å²) in [7, 11) is 0. The number of phenolic OH excluding ortho intramolecular Hbond substituents is 3. The fourth-order valence-corrected chi connectivity index (χ4v) is 2.52. The standard InChI is InChI=1S/C20H18O6/c1-11(2)3-8-14-15(22)9-16(23)19-17(24)10-18(26-20(14)19)25-13-6-4-12(21)5-7-13/h3-7,9-10,21-23H,8H2,1-2H3. The molecule has 0 aliphatic rings. The maximum atomic E-state index is 12.4. The summed E-state index contributed by atoms with van der Waals surface area (Å²) >= 11 is 0. The normalized spacial score (nSPS) is 10.7. The molecule has 0 saturated carbocycles. The molecule has 0 unspecified atom stereocenters. The van der Waals surface area contributed by atoms with Gasteiger partial charge in [-0.05, 0) is 44.5 Å². The van der Waals surface area contributed by atoms with Crippen LogP contribution in [0.15, 0.2) is 57.3 Å². The molecule has 3 rings (SSSR count). The molecular weight excluding hydrogens is 336 g/mol. The van der Waals surface area contributed by atoms with Crippen LogP contribution >= 0.6 is 0 Å². The number of allylic oxidation sites excluding steroid dienone is 2. The number of rotatable bonds is 4. The molecule has 1 aromatic heterocycles. The highest BCUT2D eigenvalue weighted by molar-refractivity contribution is 5.88. The van der Waals surface area contributed by atoms with Crippen LogP contribution in [0.1, 0.15) is 19.4 Å². The third-order valence-corrected chi connectivity index (χ3v) is 3.81. The van der Waals surface area contributed by atoms with E-state index in [2.05, 4.69) is 0 Å². The molecule has 0 bridgehead atoms. The molecule has 26 heavy (non-hydrogen) atoms. The molecule has 1 heterocycles. The van der Waals surface area contributed by atoms with Gasteiger partial charge in [-0.3, -0.25) is 4.79 Å². The van der Waals surface area contributed by atoms with Gasteiger partial charge in [-0.25, -0.2) is 0 Å². The van der Waals surface area contributed by atoms with Gasteiger partial charge in [-0.2, -0.15) is 0 Å². The van der Waals surface area contributed by atoms with E-state index in [-0.39, 0.29) is 34.2 Å². The van der Waals surface area contributed by atoms with Gasteiger partial charge in [-0.1, -0.05) is 11.6 Å². The monoisotopic (exact) mass is 354 g/mol. The predicted octanol–water partition coefficient (Wildman–Crippen LogP) is 4.21. The molecule has 2 aromatic carbocycles. The van der Waals surface area contributed by atoms with Crippen LogP contribution in [0.3, 0.4) is 0 Å². The number of aromatic hydroxyl groups is 3. The van der Waals surface area contributed by atoms with E-state index in [1.165, 1.54) is 24.3 Å². The highest BCUT2D eigenvalue weighted by Crippen LogP contribution is 2.36. The smallest absolute Gasteiger partial charge is 0.294 e. The summed E-state index contributed by atoms with van der Waals surface area (Å²) in [6, 6.07) is 8.16. The van der Waals surface area contributed by atoms with Gasteiger partial charge in [0.05, 0.1) is 6.07 Å². The van der Waals surface area contributed by atoms with E-state index in [0.717, 1.165) is 17.7 Å². The van der Waals surface area contributed by atoms with E-state index in [1.54, 1.807) is 0 Å². The number of phenols is 3. The molecule has 0 atom stereocenters. The largest absolute Gasteiger partial charge is 0.508 e. The Morgan fingerprint density at radius 2 is 1.77 bits per heavy atom. The summed E-state index contributed by atoms with van der Waals surface area (Å²) in [4.78, 5) is 12.4. The molecule has 3 N–H and O–H groups in total. The Balaban J connectivity index is 2.15. The molecule has 0 spiro atoms. The van der Waals surface area contributed by atoms with Crippen molar-refractivity contribution in [2.45, 2.75) is 20.3 Å².